The van der Waals surface area contributed by atoms with Crippen LogP contribution in [0.5, 0.6) is 0 Å². The zero-order valence-corrected chi connectivity index (χ0v) is 11.7. The molecule has 0 bridgehead atoms. The number of aromatic amines is 2. The first kappa shape index (κ1) is 13.8. The molecule has 0 aliphatic rings. The smallest absolute Gasteiger partial charge is 0.323 e. The Labute approximate surface area is 112 Å². The Morgan fingerprint density at radius 1 is 1.21 bits per heavy atom. The normalized spacial score (nSPS) is 15.0. The third-order valence-corrected chi connectivity index (χ3v) is 3.44. The van der Waals surface area contributed by atoms with Gasteiger partial charge in [0.05, 0.1) is 11.0 Å². The van der Waals surface area contributed by atoms with Crippen LogP contribution in [0.15, 0.2) is 23.0 Å². The van der Waals surface area contributed by atoms with Crippen molar-refractivity contribution in [3.05, 3.63) is 34.2 Å². The first-order valence-electron chi connectivity index (χ1n) is 6.61. The fourth-order valence-electron chi connectivity index (χ4n) is 2.40. The highest BCUT2D eigenvalue weighted by atomic mass is 16.1. The van der Waals surface area contributed by atoms with E-state index in [1.165, 1.54) is 5.56 Å². The van der Waals surface area contributed by atoms with Crippen LogP contribution in [0.2, 0.25) is 0 Å². The maximum atomic E-state index is 11.3. The quantitative estimate of drug-likeness (QED) is 0.765. The molecule has 0 aliphatic carbocycles. The molecule has 0 fully saturated rings. The Kier molecular flexibility index (Phi) is 4.07. The minimum absolute atomic E-state index is 0.163. The van der Waals surface area contributed by atoms with Gasteiger partial charge in [-0.3, -0.25) is 0 Å². The van der Waals surface area contributed by atoms with E-state index in [0.29, 0.717) is 6.04 Å². The lowest BCUT2D eigenvalue weighted by molar-refractivity contribution is 0.275. The molecule has 5 heteroatoms. The standard InChI is InChI=1S/C14H22N4O/c1-9(15)4-7-13(18(2)3)10-5-6-11-12(8-10)17-14(19)16-11/h5-6,8-9,13H,4,7,15H2,1-3H3,(H2,16,17,19). The number of fused-ring (bicyclic) bond motifs is 1. The molecule has 1 aromatic carbocycles. The molecule has 19 heavy (non-hydrogen) atoms. The lowest BCUT2D eigenvalue weighted by Crippen LogP contribution is -2.23. The highest BCUT2D eigenvalue weighted by molar-refractivity contribution is 5.75. The Balaban J connectivity index is 2.30. The van der Waals surface area contributed by atoms with E-state index < -0.39 is 0 Å². The van der Waals surface area contributed by atoms with Crippen molar-refractivity contribution in [2.24, 2.45) is 5.73 Å². The number of H-pyrrole nitrogens is 2. The van der Waals surface area contributed by atoms with Gasteiger partial charge in [-0.25, -0.2) is 4.79 Å². The average Bonchev–Trinajstić information content (AvgIpc) is 2.67. The summed E-state index contributed by atoms with van der Waals surface area (Å²) in [7, 11) is 4.13. The van der Waals surface area contributed by atoms with E-state index in [1.54, 1.807) is 0 Å². The van der Waals surface area contributed by atoms with Crippen LogP contribution in [0.1, 0.15) is 31.4 Å². The van der Waals surface area contributed by atoms with E-state index in [2.05, 4.69) is 35.0 Å². The number of nitrogens with zero attached hydrogens (tertiary/aromatic N) is 1. The van der Waals surface area contributed by atoms with E-state index in [0.717, 1.165) is 23.9 Å². The van der Waals surface area contributed by atoms with Gasteiger partial charge in [-0.1, -0.05) is 6.07 Å². The number of aromatic nitrogens is 2. The van der Waals surface area contributed by atoms with Crippen LogP contribution in [-0.4, -0.2) is 35.0 Å². The molecule has 0 amide bonds. The van der Waals surface area contributed by atoms with Crippen LogP contribution in [0.3, 0.4) is 0 Å². The van der Waals surface area contributed by atoms with Gasteiger partial charge in [0.2, 0.25) is 0 Å². The third-order valence-electron chi connectivity index (χ3n) is 3.44. The molecular weight excluding hydrogens is 240 g/mol. The van der Waals surface area contributed by atoms with Crippen LogP contribution in [0, 0.1) is 0 Å². The summed E-state index contributed by atoms with van der Waals surface area (Å²) in [5, 5.41) is 0. The lowest BCUT2D eigenvalue weighted by atomic mass is 9.98. The summed E-state index contributed by atoms with van der Waals surface area (Å²) in [6.45, 7) is 2.03. The van der Waals surface area contributed by atoms with Gasteiger partial charge in [0.15, 0.2) is 0 Å². The molecular formula is C14H22N4O. The number of benzene rings is 1. The molecule has 2 unspecified atom stereocenters. The van der Waals surface area contributed by atoms with Crippen molar-refractivity contribution in [3.8, 4) is 0 Å². The number of nitrogens with two attached hydrogens (primary N) is 1. The van der Waals surface area contributed by atoms with Crippen LogP contribution in [0.4, 0.5) is 0 Å². The first-order chi connectivity index (χ1) is 8.97. The topological polar surface area (TPSA) is 77.9 Å². The number of rotatable bonds is 5. The fraction of sp³-hybridized carbons (Fsp3) is 0.500. The highest BCUT2D eigenvalue weighted by Gasteiger charge is 2.15. The Morgan fingerprint density at radius 3 is 2.53 bits per heavy atom. The second-order valence-corrected chi connectivity index (χ2v) is 5.42. The van der Waals surface area contributed by atoms with Gasteiger partial charge in [0.1, 0.15) is 0 Å². The summed E-state index contributed by atoms with van der Waals surface area (Å²) in [6.07, 6.45) is 1.98. The van der Waals surface area contributed by atoms with Crippen LogP contribution < -0.4 is 11.4 Å². The number of hydrogen-bond donors (Lipinski definition) is 3. The van der Waals surface area contributed by atoms with E-state index in [9.17, 15) is 4.79 Å². The van der Waals surface area contributed by atoms with Crippen LogP contribution >= 0.6 is 0 Å². The zero-order chi connectivity index (χ0) is 14.0. The molecule has 0 saturated carbocycles. The predicted molar refractivity (Wildman–Crippen MR) is 78.2 cm³/mol. The van der Waals surface area contributed by atoms with E-state index in [-0.39, 0.29) is 11.7 Å². The summed E-state index contributed by atoms with van der Waals surface area (Å²) < 4.78 is 0. The summed E-state index contributed by atoms with van der Waals surface area (Å²) >= 11 is 0. The number of nitrogens with one attached hydrogen (secondary N) is 2. The van der Waals surface area contributed by atoms with Gasteiger partial charge in [-0.05, 0) is 51.6 Å². The number of imidazole rings is 1. The molecule has 0 aliphatic heterocycles. The first-order valence-corrected chi connectivity index (χ1v) is 6.61. The zero-order valence-electron chi connectivity index (χ0n) is 11.7. The Morgan fingerprint density at radius 2 is 1.89 bits per heavy atom. The molecule has 1 heterocycles. The van der Waals surface area contributed by atoms with Crippen molar-refractivity contribution in [3.63, 3.8) is 0 Å². The molecule has 4 N–H and O–H groups in total. The summed E-state index contributed by atoms with van der Waals surface area (Å²) in [4.78, 5) is 19.0. The van der Waals surface area contributed by atoms with Gasteiger partial charge < -0.3 is 20.6 Å². The highest BCUT2D eigenvalue weighted by Crippen LogP contribution is 2.25. The van der Waals surface area contributed by atoms with Gasteiger partial charge in [-0.2, -0.15) is 0 Å². The summed E-state index contributed by atoms with van der Waals surface area (Å²) in [5.41, 5.74) is 8.58. The monoisotopic (exact) mass is 262 g/mol. The second kappa shape index (κ2) is 5.59. The van der Waals surface area contributed by atoms with Gasteiger partial charge >= 0.3 is 5.69 Å². The third kappa shape index (κ3) is 3.24. The SMILES string of the molecule is CC(N)CCC(c1ccc2[nH]c(=O)[nH]c2c1)N(C)C. The fourth-order valence-corrected chi connectivity index (χ4v) is 2.40. The molecule has 2 rings (SSSR count). The van der Waals surface area contributed by atoms with Crippen LogP contribution in [-0.2, 0) is 0 Å². The maximum Gasteiger partial charge on any atom is 0.323 e. The largest absolute Gasteiger partial charge is 0.328 e. The molecule has 0 spiro atoms. The molecule has 2 aromatic rings. The molecule has 2 atom stereocenters. The van der Waals surface area contributed by atoms with Gasteiger partial charge in [-0.15, -0.1) is 0 Å². The predicted octanol–water partition coefficient (Wildman–Crippen LogP) is 1.59. The maximum absolute atomic E-state index is 11.3. The summed E-state index contributed by atoms with van der Waals surface area (Å²) in [5.74, 6) is 0. The minimum atomic E-state index is -0.163. The van der Waals surface area contributed by atoms with Gasteiger partial charge in [0, 0.05) is 12.1 Å². The molecule has 0 saturated heterocycles. The summed E-state index contributed by atoms with van der Waals surface area (Å²) in [6, 6.07) is 6.58. The minimum Gasteiger partial charge on any atom is -0.328 e. The van der Waals surface area contributed by atoms with Crippen molar-refractivity contribution < 1.29 is 0 Å². The Hall–Kier alpha value is -1.59. The number of hydrogen-bond acceptors (Lipinski definition) is 3. The molecule has 104 valence electrons. The molecule has 5 nitrogen and oxygen atoms in total. The van der Waals surface area contributed by atoms with E-state index >= 15 is 0 Å². The second-order valence-electron chi connectivity index (χ2n) is 5.42. The van der Waals surface area contributed by atoms with E-state index in [4.69, 9.17) is 5.73 Å². The van der Waals surface area contributed by atoms with Crippen molar-refractivity contribution in [1.29, 1.82) is 0 Å². The van der Waals surface area contributed by atoms with Crippen molar-refractivity contribution in [1.82, 2.24) is 14.9 Å². The molecule has 1 aromatic heterocycles. The van der Waals surface area contributed by atoms with Crippen molar-refractivity contribution >= 4 is 11.0 Å². The van der Waals surface area contributed by atoms with Crippen molar-refractivity contribution in [2.75, 3.05) is 14.1 Å². The molecule has 0 radical (unpaired) electrons. The van der Waals surface area contributed by atoms with Crippen LogP contribution in [0.25, 0.3) is 11.0 Å². The Bertz CT molecular complexity index is 597. The van der Waals surface area contributed by atoms with Crippen molar-refractivity contribution in [2.45, 2.75) is 31.8 Å². The average molecular weight is 262 g/mol. The lowest BCUT2D eigenvalue weighted by Gasteiger charge is -2.25. The van der Waals surface area contributed by atoms with Gasteiger partial charge in [0.25, 0.3) is 0 Å². The van der Waals surface area contributed by atoms with E-state index in [1.807, 2.05) is 19.1 Å².